The predicted octanol–water partition coefficient (Wildman–Crippen LogP) is 3.60. The third-order valence-corrected chi connectivity index (χ3v) is 3.62. The number of halogens is 2. The highest BCUT2D eigenvalue weighted by atomic mass is 127. The summed E-state index contributed by atoms with van der Waals surface area (Å²) < 4.78 is 14.6. The first kappa shape index (κ1) is 9.83. The molecule has 0 bridgehead atoms. The first-order valence-corrected chi connectivity index (χ1v) is 5.39. The summed E-state index contributed by atoms with van der Waals surface area (Å²) in [5, 5.41) is 0.897. The molecule has 2 rings (SSSR count). The Morgan fingerprint density at radius 2 is 2.00 bits per heavy atom. The van der Waals surface area contributed by atoms with E-state index in [9.17, 15) is 4.39 Å². The summed E-state index contributed by atoms with van der Waals surface area (Å²) in [4.78, 5) is 4.20. The summed E-state index contributed by atoms with van der Waals surface area (Å²) in [6.45, 7) is 3.77. The van der Waals surface area contributed by atoms with Crippen LogP contribution in [-0.2, 0) is 0 Å². The van der Waals surface area contributed by atoms with Gasteiger partial charge < -0.3 is 0 Å². The molecule has 14 heavy (non-hydrogen) atoms. The Bertz CT molecular complexity index is 508. The molecule has 1 heterocycles. The Kier molecular flexibility index (Phi) is 2.43. The molecule has 0 aliphatic rings. The van der Waals surface area contributed by atoms with Crippen molar-refractivity contribution in [1.29, 1.82) is 0 Å². The van der Waals surface area contributed by atoms with Gasteiger partial charge in [0.25, 0.3) is 0 Å². The zero-order chi connectivity index (χ0) is 10.3. The summed E-state index contributed by atoms with van der Waals surface area (Å²) >= 11 is 2.22. The summed E-state index contributed by atoms with van der Waals surface area (Å²) in [6, 6.07) is 5.37. The van der Waals surface area contributed by atoms with Gasteiger partial charge in [-0.1, -0.05) is 0 Å². The maximum atomic E-state index is 13.5. The van der Waals surface area contributed by atoms with Crippen molar-refractivity contribution in [3.8, 4) is 0 Å². The minimum atomic E-state index is -0.235. The van der Waals surface area contributed by atoms with E-state index >= 15 is 0 Å². The molecule has 0 aliphatic carbocycles. The van der Waals surface area contributed by atoms with E-state index in [0.29, 0.717) is 5.52 Å². The van der Waals surface area contributed by atoms with Crippen LogP contribution in [0.4, 0.5) is 4.39 Å². The molecule has 0 saturated heterocycles. The Labute approximate surface area is 95.5 Å². The number of hydrogen-bond acceptors (Lipinski definition) is 1. The average Bonchev–Trinajstić information content (AvgIpc) is 2.14. The van der Waals surface area contributed by atoms with Gasteiger partial charge in [-0.25, -0.2) is 4.39 Å². The number of hydrogen-bond donors (Lipinski definition) is 0. The van der Waals surface area contributed by atoms with E-state index in [4.69, 9.17) is 0 Å². The van der Waals surface area contributed by atoms with Gasteiger partial charge in [-0.2, -0.15) is 0 Å². The Hall–Kier alpha value is -0.710. The Morgan fingerprint density at radius 3 is 2.71 bits per heavy atom. The SMILES string of the molecule is Cc1ccc2c(I)c(C)cc(F)c2n1. The standard InChI is InChI=1S/C11H9FIN/c1-6-5-9(12)11-8(10(6)13)4-3-7(2)14-11/h3-5H,1-2H3. The lowest BCUT2D eigenvalue weighted by Gasteiger charge is -2.05. The van der Waals surface area contributed by atoms with Gasteiger partial charge in [0.1, 0.15) is 11.3 Å². The van der Waals surface area contributed by atoms with E-state index in [0.717, 1.165) is 20.2 Å². The van der Waals surface area contributed by atoms with E-state index in [-0.39, 0.29) is 5.82 Å². The van der Waals surface area contributed by atoms with Gasteiger partial charge in [-0.05, 0) is 60.2 Å². The normalized spacial score (nSPS) is 10.9. The van der Waals surface area contributed by atoms with E-state index < -0.39 is 0 Å². The lowest BCUT2D eigenvalue weighted by atomic mass is 10.1. The van der Waals surface area contributed by atoms with E-state index in [2.05, 4.69) is 27.6 Å². The molecular weight excluding hydrogens is 292 g/mol. The van der Waals surface area contributed by atoms with Gasteiger partial charge in [0, 0.05) is 14.7 Å². The topological polar surface area (TPSA) is 12.9 Å². The first-order chi connectivity index (χ1) is 6.59. The molecule has 2 aromatic rings. The molecule has 1 nitrogen and oxygen atoms in total. The van der Waals surface area contributed by atoms with Gasteiger partial charge in [0.05, 0.1) is 0 Å². The predicted molar refractivity (Wildman–Crippen MR) is 63.9 cm³/mol. The highest BCUT2D eigenvalue weighted by Gasteiger charge is 2.08. The number of rotatable bonds is 0. The molecule has 0 N–H and O–H groups in total. The van der Waals surface area contributed by atoms with Crippen molar-refractivity contribution in [3.05, 3.63) is 38.8 Å². The van der Waals surface area contributed by atoms with Crippen LogP contribution in [0.1, 0.15) is 11.3 Å². The molecule has 0 fully saturated rings. The minimum absolute atomic E-state index is 0.235. The van der Waals surface area contributed by atoms with Crippen LogP contribution >= 0.6 is 22.6 Å². The zero-order valence-corrected chi connectivity index (χ0v) is 10.1. The quantitative estimate of drug-likeness (QED) is 0.678. The lowest BCUT2D eigenvalue weighted by molar-refractivity contribution is 0.635. The molecule has 72 valence electrons. The van der Waals surface area contributed by atoms with E-state index in [1.807, 2.05) is 26.0 Å². The van der Waals surface area contributed by atoms with Gasteiger partial charge in [0.2, 0.25) is 0 Å². The van der Waals surface area contributed by atoms with Gasteiger partial charge in [-0.3, -0.25) is 4.98 Å². The van der Waals surface area contributed by atoms with E-state index in [1.165, 1.54) is 6.07 Å². The molecule has 0 atom stereocenters. The third-order valence-electron chi connectivity index (χ3n) is 2.19. The van der Waals surface area contributed by atoms with Gasteiger partial charge in [0.15, 0.2) is 0 Å². The summed E-state index contributed by atoms with van der Waals surface area (Å²) in [7, 11) is 0. The summed E-state index contributed by atoms with van der Waals surface area (Å²) in [5.74, 6) is -0.235. The fraction of sp³-hybridized carbons (Fsp3) is 0.182. The molecule has 3 heteroatoms. The van der Waals surface area contributed by atoms with Crippen molar-refractivity contribution in [1.82, 2.24) is 4.98 Å². The molecule has 0 saturated carbocycles. The lowest BCUT2D eigenvalue weighted by Crippen LogP contribution is -1.92. The fourth-order valence-corrected chi connectivity index (χ4v) is 2.04. The maximum absolute atomic E-state index is 13.5. The van der Waals surface area contributed by atoms with Crippen LogP contribution in [0.3, 0.4) is 0 Å². The van der Waals surface area contributed by atoms with Crippen LogP contribution in [0.5, 0.6) is 0 Å². The average molecular weight is 301 g/mol. The highest BCUT2D eigenvalue weighted by molar-refractivity contribution is 14.1. The smallest absolute Gasteiger partial charge is 0.149 e. The van der Waals surface area contributed by atoms with Crippen molar-refractivity contribution in [2.45, 2.75) is 13.8 Å². The Balaban J connectivity index is 2.94. The number of aryl methyl sites for hydroxylation is 2. The van der Waals surface area contributed by atoms with Crippen LogP contribution in [0.2, 0.25) is 0 Å². The van der Waals surface area contributed by atoms with Crippen LogP contribution in [0.25, 0.3) is 10.9 Å². The molecule has 0 unspecified atom stereocenters. The second-order valence-electron chi connectivity index (χ2n) is 3.34. The van der Waals surface area contributed by atoms with Crippen LogP contribution in [0, 0.1) is 23.2 Å². The second kappa shape index (κ2) is 3.46. The Morgan fingerprint density at radius 1 is 1.29 bits per heavy atom. The van der Waals surface area contributed by atoms with Gasteiger partial charge in [-0.15, -0.1) is 0 Å². The molecule has 0 radical (unpaired) electrons. The summed E-state index contributed by atoms with van der Waals surface area (Å²) in [6.07, 6.45) is 0. The van der Waals surface area contributed by atoms with Crippen molar-refractivity contribution in [2.75, 3.05) is 0 Å². The highest BCUT2D eigenvalue weighted by Crippen LogP contribution is 2.25. The van der Waals surface area contributed by atoms with Crippen LogP contribution < -0.4 is 0 Å². The van der Waals surface area contributed by atoms with Crippen molar-refractivity contribution < 1.29 is 4.39 Å². The van der Waals surface area contributed by atoms with E-state index in [1.54, 1.807) is 0 Å². The first-order valence-electron chi connectivity index (χ1n) is 4.31. The fourth-order valence-electron chi connectivity index (χ4n) is 1.45. The summed E-state index contributed by atoms with van der Waals surface area (Å²) in [5.41, 5.74) is 2.28. The number of aromatic nitrogens is 1. The number of benzene rings is 1. The third kappa shape index (κ3) is 1.49. The minimum Gasteiger partial charge on any atom is -0.250 e. The monoisotopic (exact) mass is 301 g/mol. The second-order valence-corrected chi connectivity index (χ2v) is 4.42. The maximum Gasteiger partial charge on any atom is 0.149 e. The number of fused-ring (bicyclic) bond motifs is 1. The molecule has 0 spiro atoms. The largest absolute Gasteiger partial charge is 0.250 e. The van der Waals surface area contributed by atoms with Gasteiger partial charge >= 0.3 is 0 Å². The van der Waals surface area contributed by atoms with Crippen molar-refractivity contribution in [3.63, 3.8) is 0 Å². The molecule has 1 aromatic carbocycles. The van der Waals surface area contributed by atoms with Crippen molar-refractivity contribution in [2.24, 2.45) is 0 Å². The number of nitrogens with zero attached hydrogens (tertiary/aromatic N) is 1. The zero-order valence-electron chi connectivity index (χ0n) is 7.94. The molecular formula is C11H9FIN. The molecule has 1 aromatic heterocycles. The van der Waals surface area contributed by atoms with Crippen LogP contribution in [0.15, 0.2) is 18.2 Å². The van der Waals surface area contributed by atoms with Crippen molar-refractivity contribution >= 4 is 33.5 Å². The van der Waals surface area contributed by atoms with Crippen LogP contribution in [-0.4, -0.2) is 4.98 Å². The molecule has 0 aliphatic heterocycles. The molecule has 0 amide bonds. The number of pyridine rings is 1.